The van der Waals surface area contributed by atoms with E-state index in [-0.39, 0.29) is 23.4 Å². The van der Waals surface area contributed by atoms with Crippen LogP contribution in [0.2, 0.25) is 0 Å². The zero-order valence-electron chi connectivity index (χ0n) is 24.0. The molecule has 0 aliphatic rings. The van der Waals surface area contributed by atoms with Crippen molar-refractivity contribution in [3.8, 4) is 5.75 Å². The van der Waals surface area contributed by atoms with Crippen molar-refractivity contribution >= 4 is 27.5 Å². The molecule has 8 nitrogen and oxygen atoms in total. The largest absolute Gasteiger partial charge is 0.497 e. The zero-order chi connectivity index (χ0) is 29.4. The molecule has 0 saturated heterocycles. The number of methoxy groups -OCH3 is 1. The van der Waals surface area contributed by atoms with Crippen LogP contribution in [-0.2, 0) is 26.2 Å². The third kappa shape index (κ3) is 7.63. The number of rotatable bonds is 12. The number of benzene rings is 3. The normalized spacial score (nSPS) is 12.8. The van der Waals surface area contributed by atoms with Crippen LogP contribution in [0.4, 0.5) is 5.69 Å². The second-order valence-electron chi connectivity index (χ2n) is 10.0. The SMILES string of the molecule is CC[C@@H](C)NC(=O)[C@@H](C)N(Cc1ccc(C)cc1)C(=O)CN(c1ccc(C)cc1)S(=O)(=O)c1ccc(OC)cc1. The lowest BCUT2D eigenvalue weighted by Crippen LogP contribution is -2.52. The molecule has 2 amide bonds. The third-order valence-electron chi connectivity index (χ3n) is 6.89. The molecule has 0 fully saturated rings. The number of aryl methyl sites for hydroxylation is 2. The number of sulfonamides is 1. The number of ether oxygens (including phenoxy) is 1. The monoisotopic (exact) mass is 565 g/mol. The fourth-order valence-electron chi connectivity index (χ4n) is 4.05. The molecule has 0 aromatic heterocycles. The van der Waals surface area contributed by atoms with E-state index in [1.165, 1.54) is 24.1 Å². The average Bonchev–Trinajstić information content (AvgIpc) is 2.95. The van der Waals surface area contributed by atoms with Crippen molar-refractivity contribution < 1.29 is 22.7 Å². The molecule has 0 radical (unpaired) electrons. The predicted octanol–water partition coefficient (Wildman–Crippen LogP) is 4.84. The number of carbonyl (C=O) groups is 2. The highest BCUT2D eigenvalue weighted by molar-refractivity contribution is 7.92. The van der Waals surface area contributed by atoms with Crippen LogP contribution in [-0.4, -0.2) is 50.9 Å². The Kier molecular flexibility index (Phi) is 10.3. The Bertz CT molecular complexity index is 1390. The Morgan fingerprint density at radius 1 is 0.875 bits per heavy atom. The zero-order valence-corrected chi connectivity index (χ0v) is 24.9. The highest BCUT2D eigenvalue weighted by Gasteiger charge is 2.32. The molecule has 0 saturated carbocycles. The predicted molar refractivity (Wildman–Crippen MR) is 158 cm³/mol. The van der Waals surface area contributed by atoms with Gasteiger partial charge in [-0.05, 0) is 76.1 Å². The van der Waals surface area contributed by atoms with Crippen molar-refractivity contribution in [3.05, 3.63) is 89.5 Å². The van der Waals surface area contributed by atoms with Gasteiger partial charge in [-0.25, -0.2) is 8.42 Å². The topological polar surface area (TPSA) is 96.0 Å². The summed E-state index contributed by atoms with van der Waals surface area (Å²) in [6.07, 6.45) is 0.742. The Morgan fingerprint density at radius 2 is 1.43 bits per heavy atom. The van der Waals surface area contributed by atoms with Gasteiger partial charge in [-0.3, -0.25) is 13.9 Å². The van der Waals surface area contributed by atoms with Crippen LogP contribution in [0, 0.1) is 13.8 Å². The fourth-order valence-corrected chi connectivity index (χ4v) is 5.47. The molecular formula is C31H39N3O5S. The van der Waals surface area contributed by atoms with Gasteiger partial charge in [0, 0.05) is 12.6 Å². The lowest BCUT2D eigenvalue weighted by Gasteiger charge is -2.32. The minimum atomic E-state index is -4.14. The van der Waals surface area contributed by atoms with Crippen LogP contribution >= 0.6 is 0 Å². The summed E-state index contributed by atoms with van der Waals surface area (Å²) in [5, 5.41) is 2.94. The molecular weight excluding hydrogens is 526 g/mol. The Labute approximate surface area is 238 Å². The highest BCUT2D eigenvalue weighted by atomic mass is 32.2. The molecule has 0 bridgehead atoms. The van der Waals surface area contributed by atoms with Crippen LogP contribution in [0.3, 0.4) is 0 Å². The van der Waals surface area contributed by atoms with Crippen molar-refractivity contribution in [1.29, 1.82) is 0 Å². The molecule has 1 N–H and O–H groups in total. The Balaban J connectivity index is 2.01. The van der Waals surface area contributed by atoms with Gasteiger partial charge in [0.1, 0.15) is 18.3 Å². The molecule has 0 unspecified atom stereocenters. The van der Waals surface area contributed by atoms with Gasteiger partial charge in [-0.15, -0.1) is 0 Å². The second-order valence-corrected chi connectivity index (χ2v) is 11.9. The van der Waals surface area contributed by atoms with E-state index < -0.39 is 28.5 Å². The maximum absolute atomic E-state index is 14.0. The Morgan fingerprint density at radius 3 is 1.95 bits per heavy atom. The van der Waals surface area contributed by atoms with E-state index in [0.717, 1.165) is 27.4 Å². The number of nitrogens with zero attached hydrogens (tertiary/aromatic N) is 2. The van der Waals surface area contributed by atoms with Crippen LogP contribution in [0.15, 0.2) is 77.7 Å². The summed E-state index contributed by atoms with van der Waals surface area (Å²) in [7, 11) is -2.64. The number of hydrogen-bond donors (Lipinski definition) is 1. The minimum absolute atomic E-state index is 0.0225. The smallest absolute Gasteiger partial charge is 0.264 e. The van der Waals surface area contributed by atoms with E-state index in [2.05, 4.69) is 5.32 Å². The number of hydrogen-bond acceptors (Lipinski definition) is 5. The van der Waals surface area contributed by atoms with Gasteiger partial charge in [0.2, 0.25) is 11.8 Å². The van der Waals surface area contributed by atoms with Crippen molar-refractivity contribution in [2.45, 2.75) is 64.6 Å². The first-order valence-corrected chi connectivity index (χ1v) is 14.8. The molecule has 9 heteroatoms. The lowest BCUT2D eigenvalue weighted by atomic mass is 10.1. The molecule has 3 aromatic rings. The first kappa shape index (κ1) is 30.7. The van der Waals surface area contributed by atoms with Gasteiger partial charge in [0.25, 0.3) is 10.0 Å². The van der Waals surface area contributed by atoms with Crippen LogP contribution in [0.5, 0.6) is 5.75 Å². The van der Waals surface area contributed by atoms with Gasteiger partial charge in [-0.1, -0.05) is 54.4 Å². The summed E-state index contributed by atoms with van der Waals surface area (Å²) < 4.78 is 34.1. The van der Waals surface area contributed by atoms with Gasteiger partial charge in [-0.2, -0.15) is 0 Å². The van der Waals surface area contributed by atoms with Crippen molar-refractivity contribution in [2.24, 2.45) is 0 Å². The fraction of sp³-hybridized carbons (Fsp3) is 0.355. The first-order chi connectivity index (χ1) is 19.0. The summed E-state index contributed by atoms with van der Waals surface area (Å²) in [5.74, 6) is -0.276. The molecule has 0 aliphatic heterocycles. The average molecular weight is 566 g/mol. The molecule has 0 spiro atoms. The number of carbonyl (C=O) groups excluding carboxylic acids is 2. The maximum atomic E-state index is 14.0. The molecule has 3 aromatic carbocycles. The van der Waals surface area contributed by atoms with Crippen molar-refractivity contribution in [3.63, 3.8) is 0 Å². The van der Waals surface area contributed by atoms with E-state index in [4.69, 9.17) is 4.74 Å². The Hall–Kier alpha value is -3.85. The van der Waals surface area contributed by atoms with E-state index in [9.17, 15) is 18.0 Å². The van der Waals surface area contributed by atoms with Crippen LogP contribution < -0.4 is 14.4 Å². The van der Waals surface area contributed by atoms with Gasteiger partial charge < -0.3 is 15.0 Å². The maximum Gasteiger partial charge on any atom is 0.264 e. The quantitative estimate of drug-likeness (QED) is 0.339. The highest BCUT2D eigenvalue weighted by Crippen LogP contribution is 2.26. The van der Waals surface area contributed by atoms with E-state index in [0.29, 0.717) is 11.4 Å². The number of anilines is 1. The molecule has 3 rings (SSSR count). The summed E-state index contributed by atoms with van der Waals surface area (Å²) in [6.45, 7) is 9.07. The summed E-state index contributed by atoms with van der Waals surface area (Å²) in [6, 6.07) is 19.8. The molecule has 0 heterocycles. The van der Waals surface area contributed by atoms with Gasteiger partial charge >= 0.3 is 0 Å². The molecule has 214 valence electrons. The molecule has 40 heavy (non-hydrogen) atoms. The van der Waals surface area contributed by atoms with Crippen molar-refractivity contribution in [1.82, 2.24) is 10.2 Å². The number of amides is 2. The van der Waals surface area contributed by atoms with E-state index in [1.54, 1.807) is 43.3 Å². The first-order valence-electron chi connectivity index (χ1n) is 13.3. The lowest BCUT2D eigenvalue weighted by molar-refractivity contribution is -0.139. The van der Waals surface area contributed by atoms with Crippen LogP contribution in [0.1, 0.15) is 43.9 Å². The summed E-state index contributed by atoms with van der Waals surface area (Å²) in [5.41, 5.74) is 3.21. The third-order valence-corrected chi connectivity index (χ3v) is 8.68. The van der Waals surface area contributed by atoms with E-state index >= 15 is 0 Å². The minimum Gasteiger partial charge on any atom is -0.497 e. The summed E-state index contributed by atoms with van der Waals surface area (Å²) >= 11 is 0. The number of nitrogens with one attached hydrogen (secondary N) is 1. The molecule has 2 atom stereocenters. The molecule has 0 aliphatic carbocycles. The van der Waals surface area contributed by atoms with Crippen LogP contribution in [0.25, 0.3) is 0 Å². The van der Waals surface area contributed by atoms with E-state index in [1.807, 2.05) is 52.0 Å². The van der Waals surface area contributed by atoms with Crippen molar-refractivity contribution in [2.75, 3.05) is 18.0 Å². The second kappa shape index (κ2) is 13.5. The summed E-state index contributed by atoms with van der Waals surface area (Å²) in [4.78, 5) is 28.6. The van der Waals surface area contributed by atoms with Gasteiger partial charge in [0.15, 0.2) is 0 Å². The standard InChI is InChI=1S/C31H39N3O5S/c1-7-24(4)32-31(36)25(5)33(20-26-12-8-22(2)9-13-26)30(35)21-34(27-14-10-23(3)11-15-27)40(37,38)29-18-16-28(39-6)17-19-29/h8-19,24-25H,7,20-21H2,1-6H3,(H,32,36)/t24-,25-/m1/s1. The van der Waals surface area contributed by atoms with Gasteiger partial charge in [0.05, 0.1) is 17.7 Å².